The molecule has 0 aliphatic heterocycles. The Morgan fingerprint density at radius 2 is 2.00 bits per heavy atom. The van der Waals surface area contributed by atoms with E-state index in [0.29, 0.717) is 0 Å². The lowest BCUT2D eigenvalue weighted by Crippen LogP contribution is -2.45. The predicted octanol–water partition coefficient (Wildman–Crippen LogP) is 2.49. The molecule has 0 aromatic heterocycles. The Bertz CT molecular complexity index is 542. The zero-order valence-electron chi connectivity index (χ0n) is 12.4. The molecule has 0 saturated heterocycles. The molecule has 0 unspecified atom stereocenters. The number of hydrogen-bond acceptors (Lipinski definition) is 3. The minimum absolute atomic E-state index is 0.128. The minimum atomic E-state index is -0.985. The second-order valence-electron chi connectivity index (χ2n) is 5.70. The van der Waals surface area contributed by atoms with Gasteiger partial charge in [0.05, 0.1) is 5.75 Å². The standard InChI is InChI=1S/C16H21NO3S/c1-10(2)15(16(19)20)17-14(18)9-21-13-7-6-11-4-3-5-12(11)8-13/h6-8,10,15H,3-5,9H2,1-2H3,(H,17,18)(H,19,20)/t15-/m1/s1. The number of carboxylic acid groups (broad SMARTS) is 1. The smallest absolute Gasteiger partial charge is 0.326 e. The van der Waals surface area contributed by atoms with Gasteiger partial charge in [0.2, 0.25) is 5.91 Å². The van der Waals surface area contributed by atoms with E-state index in [-0.39, 0.29) is 17.6 Å². The van der Waals surface area contributed by atoms with Crippen molar-refractivity contribution >= 4 is 23.6 Å². The van der Waals surface area contributed by atoms with E-state index in [9.17, 15) is 9.59 Å². The van der Waals surface area contributed by atoms with Crippen molar-refractivity contribution in [3.63, 3.8) is 0 Å². The van der Waals surface area contributed by atoms with E-state index in [2.05, 4.69) is 17.4 Å². The van der Waals surface area contributed by atoms with Gasteiger partial charge < -0.3 is 10.4 Å². The largest absolute Gasteiger partial charge is 0.480 e. The van der Waals surface area contributed by atoms with E-state index in [1.807, 2.05) is 6.07 Å². The van der Waals surface area contributed by atoms with E-state index >= 15 is 0 Å². The van der Waals surface area contributed by atoms with Gasteiger partial charge in [-0.15, -0.1) is 11.8 Å². The molecule has 5 heteroatoms. The molecule has 0 fully saturated rings. The molecule has 1 aromatic carbocycles. The molecule has 4 nitrogen and oxygen atoms in total. The van der Waals surface area contributed by atoms with Gasteiger partial charge in [0, 0.05) is 4.90 Å². The van der Waals surface area contributed by atoms with Gasteiger partial charge in [-0.05, 0) is 48.4 Å². The molecule has 2 rings (SSSR count). The van der Waals surface area contributed by atoms with Crippen molar-refractivity contribution in [3.05, 3.63) is 29.3 Å². The van der Waals surface area contributed by atoms with E-state index < -0.39 is 12.0 Å². The molecular formula is C16H21NO3S. The van der Waals surface area contributed by atoms with Gasteiger partial charge in [0.25, 0.3) is 0 Å². The van der Waals surface area contributed by atoms with E-state index in [1.54, 1.807) is 13.8 Å². The third-order valence-corrected chi connectivity index (χ3v) is 4.68. The summed E-state index contributed by atoms with van der Waals surface area (Å²) in [5, 5.41) is 11.6. The maximum atomic E-state index is 11.9. The van der Waals surface area contributed by atoms with Crippen LogP contribution in [0.1, 0.15) is 31.4 Å². The van der Waals surface area contributed by atoms with Crippen LogP contribution in [0.2, 0.25) is 0 Å². The Labute approximate surface area is 129 Å². The van der Waals surface area contributed by atoms with Crippen LogP contribution in [0.5, 0.6) is 0 Å². The number of thioether (sulfide) groups is 1. The molecule has 0 spiro atoms. The van der Waals surface area contributed by atoms with Crippen LogP contribution in [0.15, 0.2) is 23.1 Å². The first-order valence-electron chi connectivity index (χ1n) is 7.24. The van der Waals surface area contributed by atoms with Crippen molar-refractivity contribution in [2.75, 3.05) is 5.75 Å². The fourth-order valence-electron chi connectivity index (χ4n) is 2.52. The first-order valence-corrected chi connectivity index (χ1v) is 8.22. The van der Waals surface area contributed by atoms with Crippen molar-refractivity contribution in [2.45, 2.75) is 44.0 Å². The number of aliphatic carboxylic acids is 1. The lowest BCUT2D eigenvalue weighted by Gasteiger charge is -2.17. The van der Waals surface area contributed by atoms with Gasteiger partial charge in [-0.2, -0.15) is 0 Å². The summed E-state index contributed by atoms with van der Waals surface area (Å²) < 4.78 is 0. The number of amides is 1. The Kier molecular flexibility index (Phi) is 5.28. The molecule has 0 saturated carbocycles. The number of fused-ring (bicyclic) bond motifs is 1. The highest BCUT2D eigenvalue weighted by atomic mass is 32.2. The molecule has 1 aliphatic carbocycles. The number of carbonyl (C=O) groups excluding carboxylic acids is 1. The van der Waals surface area contributed by atoms with E-state index in [1.165, 1.54) is 29.3 Å². The van der Waals surface area contributed by atoms with Crippen molar-refractivity contribution in [1.82, 2.24) is 5.32 Å². The third-order valence-electron chi connectivity index (χ3n) is 3.69. The Balaban J connectivity index is 1.88. The number of rotatable bonds is 6. The van der Waals surface area contributed by atoms with Crippen molar-refractivity contribution in [3.8, 4) is 0 Å². The number of benzene rings is 1. The van der Waals surface area contributed by atoms with E-state index in [0.717, 1.165) is 17.7 Å². The molecule has 0 radical (unpaired) electrons. The summed E-state index contributed by atoms with van der Waals surface area (Å²) >= 11 is 1.45. The number of carbonyl (C=O) groups is 2. The Morgan fingerprint density at radius 3 is 2.67 bits per heavy atom. The van der Waals surface area contributed by atoms with Crippen LogP contribution in [0.3, 0.4) is 0 Å². The van der Waals surface area contributed by atoms with Crippen LogP contribution >= 0.6 is 11.8 Å². The molecule has 1 amide bonds. The van der Waals surface area contributed by atoms with Crippen LogP contribution in [-0.4, -0.2) is 28.8 Å². The molecule has 1 atom stereocenters. The first-order chi connectivity index (χ1) is 9.97. The number of nitrogens with one attached hydrogen (secondary N) is 1. The lowest BCUT2D eigenvalue weighted by atomic mass is 10.1. The Hall–Kier alpha value is -1.49. The average molecular weight is 307 g/mol. The summed E-state index contributed by atoms with van der Waals surface area (Å²) in [7, 11) is 0. The fourth-order valence-corrected chi connectivity index (χ4v) is 3.29. The molecule has 1 aromatic rings. The van der Waals surface area contributed by atoms with Crippen molar-refractivity contribution < 1.29 is 14.7 Å². The summed E-state index contributed by atoms with van der Waals surface area (Å²) in [4.78, 5) is 24.0. The van der Waals surface area contributed by atoms with Gasteiger partial charge in [-0.3, -0.25) is 4.79 Å². The highest BCUT2D eigenvalue weighted by molar-refractivity contribution is 8.00. The van der Waals surface area contributed by atoms with Gasteiger partial charge in [0.1, 0.15) is 6.04 Å². The van der Waals surface area contributed by atoms with Gasteiger partial charge in [-0.1, -0.05) is 19.9 Å². The zero-order valence-corrected chi connectivity index (χ0v) is 13.2. The minimum Gasteiger partial charge on any atom is -0.480 e. The normalized spacial score (nSPS) is 14.8. The predicted molar refractivity (Wildman–Crippen MR) is 83.6 cm³/mol. The lowest BCUT2D eigenvalue weighted by molar-refractivity contribution is -0.142. The molecule has 0 bridgehead atoms. The summed E-state index contributed by atoms with van der Waals surface area (Å²) in [6.45, 7) is 3.57. The monoisotopic (exact) mass is 307 g/mol. The topological polar surface area (TPSA) is 66.4 Å². The second kappa shape index (κ2) is 6.98. The maximum Gasteiger partial charge on any atom is 0.326 e. The first kappa shape index (κ1) is 15.9. The molecule has 114 valence electrons. The second-order valence-corrected chi connectivity index (χ2v) is 6.75. The van der Waals surface area contributed by atoms with Crippen molar-refractivity contribution in [2.24, 2.45) is 5.92 Å². The SMILES string of the molecule is CC(C)[C@@H](NC(=O)CSc1ccc2c(c1)CCC2)C(=O)O. The molecule has 1 aliphatic rings. The van der Waals surface area contributed by atoms with Gasteiger partial charge in [-0.25, -0.2) is 4.79 Å². The quantitative estimate of drug-likeness (QED) is 0.793. The number of hydrogen-bond donors (Lipinski definition) is 2. The van der Waals surface area contributed by atoms with Crippen LogP contribution < -0.4 is 5.32 Å². The summed E-state index contributed by atoms with van der Waals surface area (Å²) in [6.07, 6.45) is 3.47. The molecule has 2 N–H and O–H groups in total. The van der Waals surface area contributed by atoms with Crippen LogP contribution in [-0.2, 0) is 22.4 Å². The Morgan fingerprint density at radius 1 is 1.29 bits per heavy atom. The fraction of sp³-hybridized carbons (Fsp3) is 0.500. The third kappa shape index (κ3) is 4.24. The van der Waals surface area contributed by atoms with Crippen LogP contribution in [0, 0.1) is 5.92 Å². The number of aryl methyl sites for hydroxylation is 2. The van der Waals surface area contributed by atoms with E-state index in [4.69, 9.17) is 5.11 Å². The summed E-state index contributed by atoms with van der Waals surface area (Å²) in [5.74, 6) is -1.10. The zero-order chi connectivity index (χ0) is 15.4. The highest BCUT2D eigenvalue weighted by Gasteiger charge is 2.23. The van der Waals surface area contributed by atoms with Gasteiger partial charge in [0.15, 0.2) is 0 Å². The summed E-state index contributed by atoms with van der Waals surface area (Å²) in [6, 6.07) is 5.51. The molecule has 0 heterocycles. The summed E-state index contributed by atoms with van der Waals surface area (Å²) in [5.41, 5.74) is 2.79. The molecule has 21 heavy (non-hydrogen) atoms. The number of carboxylic acids is 1. The molecular weight excluding hydrogens is 286 g/mol. The van der Waals surface area contributed by atoms with Crippen molar-refractivity contribution in [1.29, 1.82) is 0 Å². The average Bonchev–Trinajstić information content (AvgIpc) is 2.89. The van der Waals surface area contributed by atoms with Gasteiger partial charge >= 0.3 is 5.97 Å². The highest BCUT2D eigenvalue weighted by Crippen LogP contribution is 2.27. The van der Waals surface area contributed by atoms with Crippen LogP contribution in [0.25, 0.3) is 0 Å². The maximum absolute atomic E-state index is 11.9. The van der Waals surface area contributed by atoms with Crippen LogP contribution in [0.4, 0.5) is 0 Å².